The number of hydrogen-bond donors (Lipinski definition) is 0. The molecule has 0 aliphatic heterocycles. The molecule has 0 unspecified atom stereocenters. The van der Waals surface area contributed by atoms with E-state index in [4.69, 9.17) is 4.42 Å². The Morgan fingerprint density at radius 2 is 2.05 bits per heavy atom. The molecule has 0 spiro atoms. The van der Waals surface area contributed by atoms with E-state index in [0.29, 0.717) is 6.54 Å². The maximum absolute atomic E-state index is 5.35. The summed E-state index contributed by atoms with van der Waals surface area (Å²) in [4.78, 5) is 0. The number of benzene rings is 1. The Balaban J connectivity index is 1.66. The van der Waals surface area contributed by atoms with Gasteiger partial charge < -0.3 is 8.98 Å². The second-order valence-corrected chi connectivity index (χ2v) is 6.09. The van der Waals surface area contributed by atoms with Gasteiger partial charge in [0.1, 0.15) is 12.1 Å². The second kappa shape index (κ2) is 6.28. The molecule has 0 aliphatic carbocycles. The lowest BCUT2D eigenvalue weighted by Gasteiger charge is -2.04. The summed E-state index contributed by atoms with van der Waals surface area (Å²) in [7, 11) is 0. The summed E-state index contributed by atoms with van der Waals surface area (Å²) in [5, 5.41) is 9.02. The first-order valence-electron chi connectivity index (χ1n) is 6.09. The lowest BCUT2D eigenvalue weighted by atomic mass is 10.2. The van der Waals surface area contributed by atoms with Crippen molar-refractivity contribution in [1.29, 1.82) is 0 Å². The Bertz CT molecular complexity index is 664. The van der Waals surface area contributed by atoms with E-state index in [1.807, 2.05) is 28.8 Å². The fraction of sp³-hybridized carbons (Fsp3) is 0.143. The van der Waals surface area contributed by atoms with Gasteiger partial charge in [-0.25, -0.2) is 0 Å². The third-order valence-corrected chi connectivity index (χ3v) is 4.35. The molecular weight excluding hydrogens is 338 g/mol. The lowest BCUT2D eigenvalue weighted by Crippen LogP contribution is -1.99. The van der Waals surface area contributed by atoms with Crippen molar-refractivity contribution < 1.29 is 4.42 Å². The Kier molecular flexibility index (Phi) is 4.22. The maximum Gasteiger partial charge on any atom is 0.191 e. The van der Waals surface area contributed by atoms with E-state index in [9.17, 15) is 0 Å². The van der Waals surface area contributed by atoms with E-state index in [2.05, 4.69) is 38.3 Å². The number of furan rings is 1. The van der Waals surface area contributed by atoms with Crippen molar-refractivity contribution >= 4 is 27.7 Å². The molecule has 0 fully saturated rings. The van der Waals surface area contributed by atoms with Gasteiger partial charge in [-0.2, -0.15) is 0 Å². The van der Waals surface area contributed by atoms with E-state index in [0.717, 1.165) is 21.1 Å². The van der Waals surface area contributed by atoms with Crippen LogP contribution in [-0.4, -0.2) is 14.8 Å². The molecule has 3 rings (SSSR count). The van der Waals surface area contributed by atoms with Crippen LogP contribution in [0.5, 0.6) is 0 Å². The van der Waals surface area contributed by atoms with Crippen molar-refractivity contribution in [1.82, 2.24) is 14.8 Å². The van der Waals surface area contributed by atoms with Crippen molar-refractivity contribution in [2.24, 2.45) is 0 Å². The van der Waals surface area contributed by atoms with Gasteiger partial charge in [0.2, 0.25) is 0 Å². The molecule has 102 valence electrons. The average Bonchev–Trinajstić information content (AvgIpc) is 3.11. The van der Waals surface area contributed by atoms with Crippen LogP contribution in [0, 0.1) is 0 Å². The van der Waals surface area contributed by atoms with Gasteiger partial charge in [0.25, 0.3) is 0 Å². The number of aromatic nitrogens is 3. The predicted octanol–water partition coefficient (Wildman–Crippen LogP) is 3.97. The summed E-state index contributed by atoms with van der Waals surface area (Å²) in [5.41, 5.74) is 1.26. The van der Waals surface area contributed by atoms with E-state index in [-0.39, 0.29) is 0 Å². The zero-order chi connectivity index (χ0) is 13.8. The van der Waals surface area contributed by atoms with Gasteiger partial charge in [0.15, 0.2) is 5.16 Å². The molecule has 0 saturated carbocycles. The number of hydrogen-bond acceptors (Lipinski definition) is 4. The summed E-state index contributed by atoms with van der Waals surface area (Å²) in [6, 6.07) is 12.1. The second-order valence-electron chi connectivity index (χ2n) is 4.24. The first-order chi connectivity index (χ1) is 9.81. The standard InChI is InChI=1S/C14H12BrN3OS/c15-12-5-3-11(4-6-12)9-20-14-17-16-10-18(14)8-13-2-1-7-19-13/h1-7,10H,8-9H2. The third-order valence-electron chi connectivity index (χ3n) is 2.77. The molecule has 0 saturated heterocycles. The van der Waals surface area contributed by atoms with Gasteiger partial charge in [0.05, 0.1) is 12.8 Å². The monoisotopic (exact) mass is 349 g/mol. The number of thioether (sulfide) groups is 1. The van der Waals surface area contributed by atoms with Crippen LogP contribution in [0.1, 0.15) is 11.3 Å². The average molecular weight is 350 g/mol. The van der Waals surface area contributed by atoms with Gasteiger partial charge in [-0.3, -0.25) is 0 Å². The number of rotatable bonds is 5. The van der Waals surface area contributed by atoms with Crippen LogP contribution in [0.3, 0.4) is 0 Å². The van der Waals surface area contributed by atoms with Crippen molar-refractivity contribution in [2.75, 3.05) is 0 Å². The molecule has 2 heterocycles. The zero-order valence-electron chi connectivity index (χ0n) is 10.6. The van der Waals surface area contributed by atoms with Gasteiger partial charge >= 0.3 is 0 Å². The minimum absolute atomic E-state index is 0.655. The molecule has 0 atom stereocenters. The summed E-state index contributed by atoms with van der Waals surface area (Å²) in [6.45, 7) is 0.655. The summed E-state index contributed by atoms with van der Waals surface area (Å²) < 4.78 is 8.43. The molecule has 4 nitrogen and oxygen atoms in total. The van der Waals surface area contributed by atoms with E-state index in [1.54, 1.807) is 24.4 Å². The minimum atomic E-state index is 0.655. The Hall–Kier alpha value is -1.53. The van der Waals surface area contributed by atoms with Crippen LogP contribution >= 0.6 is 27.7 Å². The predicted molar refractivity (Wildman–Crippen MR) is 81.5 cm³/mol. The smallest absolute Gasteiger partial charge is 0.191 e. The van der Waals surface area contributed by atoms with Crippen LogP contribution in [0.4, 0.5) is 0 Å². The van der Waals surface area contributed by atoms with Crippen molar-refractivity contribution in [2.45, 2.75) is 17.5 Å². The zero-order valence-corrected chi connectivity index (χ0v) is 13.0. The summed E-state index contributed by atoms with van der Waals surface area (Å²) in [6.07, 6.45) is 3.40. The fourth-order valence-electron chi connectivity index (χ4n) is 1.76. The molecule has 3 aromatic rings. The van der Waals surface area contributed by atoms with Gasteiger partial charge in [-0.05, 0) is 29.8 Å². The van der Waals surface area contributed by atoms with Gasteiger partial charge in [0, 0.05) is 10.2 Å². The first-order valence-corrected chi connectivity index (χ1v) is 7.86. The number of nitrogens with zero attached hydrogens (tertiary/aromatic N) is 3. The molecule has 2 aromatic heterocycles. The summed E-state index contributed by atoms with van der Waals surface area (Å²) >= 11 is 5.10. The highest BCUT2D eigenvalue weighted by Gasteiger charge is 2.07. The van der Waals surface area contributed by atoms with E-state index in [1.165, 1.54) is 5.56 Å². The minimum Gasteiger partial charge on any atom is -0.467 e. The third kappa shape index (κ3) is 3.32. The van der Waals surface area contributed by atoms with Crippen LogP contribution in [0.15, 0.2) is 63.0 Å². The van der Waals surface area contributed by atoms with Gasteiger partial charge in [-0.15, -0.1) is 10.2 Å². The van der Waals surface area contributed by atoms with Crippen LogP contribution in [0.25, 0.3) is 0 Å². The molecule has 0 radical (unpaired) electrons. The van der Waals surface area contributed by atoms with Crippen LogP contribution in [0.2, 0.25) is 0 Å². The molecule has 0 aliphatic rings. The van der Waals surface area contributed by atoms with Crippen LogP contribution < -0.4 is 0 Å². The molecule has 0 N–H and O–H groups in total. The van der Waals surface area contributed by atoms with Crippen molar-refractivity contribution in [3.8, 4) is 0 Å². The van der Waals surface area contributed by atoms with Crippen molar-refractivity contribution in [3.63, 3.8) is 0 Å². The Morgan fingerprint density at radius 3 is 2.80 bits per heavy atom. The Labute approximate surface area is 129 Å². The molecule has 20 heavy (non-hydrogen) atoms. The Morgan fingerprint density at radius 1 is 1.20 bits per heavy atom. The highest BCUT2D eigenvalue weighted by atomic mass is 79.9. The van der Waals surface area contributed by atoms with Gasteiger partial charge in [-0.1, -0.05) is 39.8 Å². The highest BCUT2D eigenvalue weighted by molar-refractivity contribution is 9.10. The molecular formula is C14H12BrN3OS. The SMILES string of the molecule is Brc1ccc(CSc2nncn2Cc2ccco2)cc1. The topological polar surface area (TPSA) is 43.9 Å². The molecule has 6 heteroatoms. The highest BCUT2D eigenvalue weighted by Crippen LogP contribution is 2.22. The maximum atomic E-state index is 5.35. The molecule has 0 amide bonds. The summed E-state index contributed by atoms with van der Waals surface area (Å²) in [5.74, 6) is 1.76. The molecule has 0 bridgehead atoms. The quantitative estimate of drug-likeness (QED) is 0.653. The first kappa shape index (κ1) is 13.5. The molecule has 1 aromatic carbocycles. The van der Waals surface area contributed by atoms with E-state index >= 15 is 0 Å². The van der Waals surface area contributed by atoms with Crippen molar-refractivity contribution in [3.05, 3.63) is 64.8 Å². The fourth-order valence-corrected chi connectivity index (χ4v) is 2.90. The lowest BCUT2D eigenvalue weighted by molar-refractivity contribution is 0.484. The number of halogens is 1. The normalized spacial score (nSPS) is 10.8. The van der Waals surface area contributed by atoms with Crippen LogP contribution in [-0.2, 0) is 12.3 Å². The largest absolute Gasteiger partial charge is 0.467 e. The van der Waals surface area contributed by atoms with E-state index < -0.39 is 0 Å².